The number of halogens is 1. The van der Waals surface area contributed by atoms with E-state index in [2.05, 4.69) is 10.2 Å². The number of carbonyl (C=O) groups is 1. The third-order valence-corrected chi connectivity index (χ3v) is 3.67. The van der Waals surface area contributed by atoms with Gasteiger partial charge in [0.25, 0.3) is 0 Å². The van der Waals surface area contributed by atoms with Crippen LogP contribution in [0.5, 0.6) is 5.75 Å². The highest BCUT2D eigenvalue weighted by Crippen LogP contribution is 2.23. The van der Waals surface area contributed by atoms with Crippen molar-refractivity contribution in [3.63, 3.8) is 0 Å². The Labute approximate surface area is 135 Å². The molecule has 2 rings (SSSR count). The molecule has 0 spiro atoms. The van der Waals surface area contributed by atoms with Gasteiger partial charge in [0.15, 0.2) is 0 Å². The quantitative estimate of drug-likeness (QED) is 0.811. The van der Waals surface area contributed by atoms with Crippen molar-refractivity contribution >= 4 is 23.6 Å². The summed E-state index contributed by atoms with van der Waals surface area (Å²) in [6.07, 6.45) is 3.20. The molecule has 0 aliphatic carbocycles. The normalized spacial score (nSPS) is 15.9. The molecule has 0 radical (unpaired) electrons. The number of morpholine rings is 1. The highest BCUT2D eigenvalue weighted by Gasteiger charge is 2.09. The van der Waals surface area contributed by atoms with Gasteiger partial charge in [-0.1, -0.05) is 11.6 Å². The molecule has 5 nitrogen and oxygen atoms in total. The van der Waals surface area contributed by atoms with Crippen LogP contribution in [0.2, 0.25) is 5.02 Å². The second-order valence-electron chi connectivity index (χ2n) is 4.96. The summed E-state index contributed by atoms with van der Waals surface area (Å²) >= 11 is 5.95. The lowest BCUT2D eigenvalue weighted by molar-refractivity contribution is -0.116. The Morgan fingerprint density at radius 1 is 1.45 bits per heavy atom. The van der Waals surface area contributed by atoms with E-state index in [1.807, 2.05) is 0 Å². The second kappa shape index (κ2) is 8.78. The first-order valence-corrected chi connectivity index (χ1v) is 7.66. The summed E-state index contributed by atoms with van der Waals surface area (Å²) in [4.78, 5) is 14.1. The van der Waals surface area contributed by atoms with Crippen LogP contribution in [0.25, 0.3) is 6.08 Å². The Bertz CT molecular complexity index is 528. The van der Waals surface area contributed by atoms with Gasteiger partial charge in [0.2, 0.25) is 5.91 Å². The zero-order chi connectivity index (χ0) is 15.8. The average Bonchev–Trinajstić information content (AvgIpc) is 2.54. The Balaban J connectivity index is 1.79. The van der Waals surface area contributed by atoms with Crippen LogP contribution in [0.4, 0.5) is 0 Å². The standard InChI is InChI=1S/C16H21ClN2O3/c1-21-15-4-3-14(17)12-13(15)2-5-16(20)18-6-7-19-8-10-22-11-9-19/h2-5,12H,6-11H2,1H3,(H,18,20)/b5-2-. The van der Waals surface area contributed by atoms with Crippen molar-refractivity contribution in [2.24, 2.45) is 0 Å². The van der Waals surface area contributed by atoms with Gasteiger partial charge in [0, 0.05) is 42.8 Å². The van der Waals surface area contributed by atoms with Gasteiger partial charge in [-0.15, -0.1) is 0 Å². The lowest BCUT2D eigenvalue weighted by atomic mass is 10.2. The molecule has 120 valence electrons. The molecule has 0 bridgehead atoms. The first-order valence-electron chi connectivity index (χ1n) is 7.28. The highest BCUT2D eigenvalue weighted by molar-refractivity contribution is 6.30. The molecule has 0 atom stereocenters. The van der Waals surface area contributed by atoms with Gasteiger partial charge < -0.3 is 14.8 Å². The number of nitrogens with one attached hydrogen (secondary N) is 1. The molecule has 6 heteroatoms. The molecule has 0 unspecified atom stereocenters. The van der Waals surface area contributed by atoms with Gasteiger partial charge >= 0.3 is 0 Å². The summed E-state index contributed by atoms with van der Waals surface area (Å²) in [5.41, 5.74) is 0.776. The van der Waals surface area contributed by atoms with Crippen LogP contribution in [0, 0.1) is 0 Å². The fraction of sp³-hybridized carbons (Fsp3) is 0.438. The third-order valence-electron chi connectivity index (χ3n) is 3.44. The smallest absolute Gasteiger partial charge is 0.244 e. The Morgan fingerprint density at radius 3 is 2.95 bits per heavy atom. The predicted octanol–water partition coefficient (Wildman–Crippen LogP) is 1.81. The maximum Gasteiger partial charge on any atom is 0.244 e. The minimum atomic E-state index is -0.129. The van der Waals surface area contributed by atoms with Crippen LogP contribution in [0.1, 0.15) is 5.56 Å². The number of ether oxygens (including phenoxy) is 2. The van der Waals surface area contributed by atoms with Gasteiger partial charge in [-0.2, -0.15) is 0 Å². The van der Waals surface area contributed by atoms with Gasteiger partial charge in [-0.3, -0.25) is 9.69 Å². The van der Waals surface area contributed by atoms with Gasteiger partial charge in [-0.25, -0.2) is 0 Å². The molecule has 1 N–H and O–H groups in total. The molecule has 22 heavy (non-hydrogen) atoms. The van der Waals surface area contributed by atoms with Crippen molar-refractivity contribution in [1.82, 2.24) is 10.2 Å². The monoisotopic (exact) mass is 324 g/mol. The maximum atomic E-state index is 11.8. The van der Waals surface area contributed by atoms with Crippen LogP contribution in [-0.4, -0.2) is 57.3 Å². The van der Waals surface area contributed by atoms with Crippen molar-refractivity contribution < 1.29 is 14.3 Å². The molecule has 1 aliphatic heterocycles. The van der Waals surface area contributed by atoms with Crippen molar-refractivity contribution in [2.45, 2.75) is 0 Å². The fourth-order valence-electron chi connectivity index (χ4n) is 2.22. The predicted molar refractivity (Wildman–Crippen MR) is 87.3 cm³/mol. The molecule has 0 aromatic heterocycles. The van der Waals surface area contributed by atoms with E-state index in [0.717, 1.165) is 38.4 Å². The van der Waals surface area contributed by atoms with Crippen LogP contribution in [0.15, 0.2) is 24.3 Å². The molecule has 1 fully saturated rings. The van der Waals surface area contributed by atoms with Crippen molar-refractivity contribution in [2.75, 3.05) is 46.5 Å². The van der Waals surface area contributed by atoms with Gasteiger partial charge in [0.05, 0.1) is 20.3 Å². The molecular weight excluding hydrogens is 304 g/mol. The van der Waals surface area contributed by atoms with Crippen LogP contribution in [-0.2, 0) is 9.53 Å². The number of methoxy groups -OCH3 is 1. The second-order valence-corrected chi connectivity index (χ2v) is 5.40. The summed E-state index contributed by atoms with van der Waals surface area (Å²) in [5, 5.41) is 3.48. The third kappa shape index (κ3) is 5.33. The average molecular weight is 325 g/mol. The Kier molecular flexibility index (Phi) is 6.71. The summed E-state index contributed by atoms with van der Waals surface area (Å²) in [6, 6.07) is 5.29. The van der Waals surface area contributed by atoms with E-state index in [1.54, 1.807) is 31.4 Å². The van der Waals surface area contributed by atoms with Gasteiger partial charge in [-0.05, 0) is 24.3 Å². The SMILES string of the molecule is COc1ccc(Cl)cc1/C=C\C(=O)NCCN1CCOCC1. The largest absolute Gasteiger partial charge is 0.496 e. The summed E-state index contributed by atoms with van der Waals surface area (Å²) in [5.74, 6) is 0.553. The lowest BCUT2D eigenvalue weighted by Crippen LogP contribution is -2.41. The minimum Gasteiger partial charge on any atom is -0.496 e. The first-order chi connectivity index (χ1) is 10.7. The van der Waals surface area contributed by atoms with E-state index < -0.39 is 0 Å². The molecule has 1 saturated heterocycles. The molecule has 1 heterocycles. The Hall–Kier alpha value is -1.56. The zero-order valence-corrected chi connectivity index (χ0v) is 13.4. The van der Waals surface area contributed by atoms with Crippen LogP contribution in [0.3, 0.4) is 0 Å². The topological polar surface area (TPSA) is 50.8 Å². The number of hydrogen-bond donors (Lipinski definition) is 1. The Morgan fingerprint density at radius 2 is 2.23 bits per heavy atom. The molecule has 1 aromatic carbocycles. The van der Waals surface area contributed by atoms with Crippen molar-refractivity contribution in [3.8, 4) is 5.75 Å². The lowest BCUT2D eigenvalue weighted by Gasteiger charge is -2.26. The fourth-order valence-corrected chi connectivity index (χ4v) is 2.40. The zero-order valence-electron chi connectivity index (χ0n) is 12.7. The molecule has 1 aromatic rings. The van der Waals surface area contributed by atoms with E-state index in [-0.39, 0.29) is 5.91 Å². The van der Waals surface area contributed by atoms with E-state index in [0.29, 0.717) is 17.3 Å². The molecular formula is C16H21ClN2O3. The molecule has 1 amide bonds. The van der Waals surface area contributed by atoms with Crippen LogP contribution < -0.4 is 10.1 Å². The van der Waals surface area contributed by atoms with Crippen molar-refractivity contribution in [3.05, 3.63) is 34.9 Å². The first kappa shape index (κ1) is 16.8. The number of rotatable bonds is 6. The summed E-state index contributed by atoms with van der Waals surface area (Å²) in [6.45, 7) is 4.83. The molecule has 0 saturated carbocycles. The van der Waals surface area contributed by atoms with Crippen LogP contribution >= 0.6 is 11.6 Å². The number of carbonyl (C=O) groups excluding carboxylic acids is 1. The summed E-state index contributed by atoms with van der Waals surface area (Å²) in [7, 11) is 1.59. The summed E-state index contributed by atoms with van der Waals surface area (Å²) < 4.78 is 10.5. The number of amides is 1. The number of nitrogens with zero attached hydrogens (tertiary/aromatic N) is 1. The highest BCUT2D eigenvalue weighted by atomic mass is 35.5. The van der Waals surface area contributed by atoms with E-state index in [9.17, 15) is 4.79 Å². The van der Waals surface area contributed by atoms with E-state index >= 15 is 0 Å². The minimum absolute atomic E-state index is 0.129. The van der Waals surface area contributed by atoms with Gasteiger partial charge in [0.1, 0.15) is 5.75 Å². The molecule has 1 aliphatic rings. The van der Waals surface area contributed by atoms with Crippen molar-refractivity contribution in [1.29, 1.82) is 0 Å². The maximum absolute atomic E-state index is 11.8. The number of hydrogen-bond acceptors (Lipinski definition) is 4. The van der Waals surface area contributed by atoms with E-state index in [1.165, 1.54) is 6.08 Å². The van der Waals surface area contributed by atoms with E-state index in [4.69, 9.17) is 21.1 Å². The number of benzene rings is 1.